The van der Waals surface area contributed by atoms with Crippen molar-refractivity contribution in [3.05, 3.63) is 71.3 Å². The molecule has 0 spiro atoms. The molecule has 0 radical (unpaired) electrons. The minimum absolute atomic E-state index is 0.00361. The number of carbonyl (C=O) groups is 1. The molecule has 1 fully saturated rings. The number of benzene rings is 2. The molecule has 0 saturated carbocycles. The third-order valence-corrected chi connectivity index (χ3v) is 6.32. The van der Waals surface area contributed by atoms with E-state index in [1.54, 1.807) is 42.5 Å². The number of ether oxygens (including phenoxy) is 2. The molecule has 0 N–H and O–H groups in total. The zero-order chi connectivity index (χ0) is 20.7. The molecule has 1 heterocycles. The van der Waals surface area contributed by atoms with Crippen LogP contribution in [0.4, 0.5) is 0 Å². The predicted octanol–water partition coefficient (Wildman–Crippen LogP) is 2.34. The zero-order valence-electron chi connectivity index (χ0n) is 15.7. The van der Waals surface area contributed by atoms with Gasteiger partial charge in [-0.25, -0.2) is 13.2 Å². The SMILES string of the molecule is N#Cc1ccccc1COC(=O)C=Cc1ccc(S(=O)(=O)N2CCOCC2)cc1. The van der Waals surface area contributed by atoms with E-state index in [4.69, 9.17) is 14.7 Å². The van der Waals surface area contributed by atoms with Crippen LogP contribution in [0.5, 0.6) is 0 Å². The van der Waals surface area contributed by atoms with E-state index in [0.717, 1.165) is 0 Å². The fourth-order valence-electron chi connectivity index (χ4n) is 2.80. The summed E-state index contributed by atoms with van der Waals surface area (Å²) in [5.41, 5.74) is 1.76. The van der Waals surface area contributed by atoms with Gasteiger partial charge in [0.25, 0.3) is 0 Å². The van der Waals surface area contributed by atoms with Gasteiger partial charge in [-0.05, 0) is 29.8 Å². The summed E-state index contributed by atoms with van der Waals surface area (Å²) in [5.74, 6) is -0.553. The Morgan fingerprint density at radius 1 is 1.14 bits per heavy atom. The summed E-state index contributed by atoms with van der Waals surface area (Å²) in [7, 11) is -3.54. The largest absolute Gasteiger partial charge is 0.458 e. The van der Waals surface area contributed by atoms with Crippen molar-refractivity contribution in [2.45, 2.75) is 11.5 Å². The van der Waals surface area contributed by atoms with Gasteiger partial charge in [0, 0.05) is 24.7 Å². The van der Waals surface area contributed by atoms with Crippen LogP contribution in [-0.4, -0.2) is 45.0 Å². The quantitative estimate of drug-likeness (QED) is 0.534. The van der Waals surface area contributed by atoms with Gasteiger partial charge in [-0.2, -0.15) is 9.57 Å². The molecule has 0 atom stereocenters. The third-order valence-electron chi connectivity index (χ3n) is 4.41. The predicted molar refractivity (Wildman–Crippen MR) is 106 cm³/mol. The number of morpholine rings is 1. The van der Waals surface area contributed by atoms with Crippen molar-refractivity contribution < 1.29 is 22.7 Å². The smallest absolute Gasteiger partial charge is 0.331 e. The molecule has 2 aromatic rings. The number of carbonyl (C=O) groups excluding carboxylic acids is 1. The number of hydrogen-bond acceptors (Lipinski definition) is 6. The van der Waals surface area contributed by atoms with E-state index in [9.17, 15) is 13.2 Å². The van der Waals surface area contributed by atoms with Crippen LogP contribution in [0.3, 0.4) is 0 Å². The Balaban J connectivity index is 1.59. The molecule has 1 saturated heterocycles. The molecule has 8 heteroatoms. The molecule has 3 rings (SSSR count). The first kappa shape index (κ1) is 20.7. The van der Waals surface area contributed by atoms with Crippen LogP contribution >= 0.6 is 0 Å². The molecule has 0 bridgehead atoms. The highest BCUT2D eigenvalue weighted by Gasteiger charge is 2.25. The molecule has 0 unspecified atom stereocenters. The van der Waals surface area contributed by atoms with Gasteiger partial charge >= 0.3 is 5.97 Å². The molecule has 29 heavy (non-hydrogen) atoms. The molecule has 2 aromatic carbocycles. The Kier molecular flexibility index (Phi) is 6.77. The molecule has 7 nitrogen and oxygen atoms in total. The number of rotatable bonds is 6. The average Bonchev–Trinajstić information content (AvgIpc) is 2.77. The van der Waals surface area contributed by atoms with Crippen LogP contribution in [0.15, 0.2) is 59.5 Å². The maximum absolute atomic E-state index is 12.6. The normalized spacial score (nSPS) is 15.1. The van der Waals surface area contributed by atoms with Gasteiger partial charge in [0.1, 0.15) is 6.61 Å². The highest BCUT2D eigenvalue weighted by Crippen LogP contribution is 2.18. The van der Waals surface area contributed by atoms with Gasteiger partial charge in [0.2, 0.25) is 10.0 Å². The molecule has 0 amide bonds. The van der Waals surface area contributed by atoms with Gasteiger partial charge in [0.05, 0.1) is 29.7 Å². The van der Waals surface area contributed by atoms with Crippen molar-refractivity contribution in [2.24, 2.45) is 0 Å². The van der Waals surface area contributed by atoms with E-state index >= 15 is 0 Å². The minimum atomic E-state index is -3.54. The summed E-state index contributed by atoms with van der Waals surface area (Å²) < 4.78 is 36.9. The first-order valence-corrected chi connectivity index (χ1v) is 10.5. The molecular weight excluding hydrogens is 392 g/mol. The Morgan fingerprint density at radius 3 is 2.52 bits per heavy atom. The number of esters is 1. The van der Waals surface area contributed by atoms with Crippen molar-refractivity contribution in [3.63, 3.8) is 0 Å². The van der Waals surface area contributed by atoms with Gasteiger partial charge in [0.15, 0.2) is 0 Å². The summed E-state index contributed by atoms with van der Waals surface area (Å²) in [5, 5.41) is 9.04. The molecule has 1 aliphatic heterocycles. The van der Waals surface area contributed by atoms with Crippen LogP contribution in [0.2, 0.25) is 0 Å². The average molecular weight is 412 g/mol. The summed E-state index contributed by atoms with van der Waals surface area (Å²) >= 11 is 0. The van der Waals surface area contributed by atoms with Crippen LogP contribution in [0, 0.1) is 11.3 Å². The lowest BCUT2D eigenvalue weighted by Crippen LogP contribution is -2.40. The fraction of sp³-hybridized carbons (Fsp3) is 0.238. The van der Waals surface area contributed by atoms with E-state index in [2.05, 4.69) is 0 Å². The lowest BCUT2D eigenvalue weighted by atomic mass is 10.1. The number of sulfonamides is 1. The maximum Gasteiger partial charge on any atom is 0.331 e. The van der Waals surface area contributed by atoms with Crippen molar-refractivity contribution in [1.29, 1.82) is 5.26 Å². The van der Waals surface area contributed by atoms with Gasteiger partial charge < -0.3 is 9.47 Å². The molecule has 1 aliphatic rings. The van der Waals surface area contributed by atoms with Gasteiger partial charge in [-0.1, -0.05) is 30.3 Å². The van der Waals surface area contributed by atoms with Crippen molar-refractivity contribution in [3.8, 4) is 6.07 Å². The standard InChI is InChI=1S/C21H20N2O5S/c22-15-18-3-1-2-4-19(18)16-28-21(24)10-7-17-5-8-20(9-6-17)29(25,26)23-11-13-27-14-12-23/h1-10H,11-14,16H2. The minimum Gasteiger partial charge on any atom is -0.458 e. The van der Waals surface area contributed by atoms with E-state index in [1.165, 1.54) is 22.5 Å². The molecular formula is C21H20N2O5S. The van der Waals surface area contributed by atoms with Gasteiger partial charge in [-0.15, -0.1) is 0 Å². The topological polar surface area (TPSA) is 96.7 Å². The number of hydrogen-bond donors (Lipinski definition) is 0. The Labute approximate surface area is 169 Å². The second kappa shape index (κ2) is 9.47. The summed E-state index contributed by atoms with van der Waals surface area (Å²) in [6.45, 7) is 1.46. The van der Waals surface area contributed by atoms with E-state index in [0.29, 0.717) is 43.0 Å². The monoisotopic (exact) mass is 412 g/mol. The lowest BCUT2D eigenvalue weighted by molar-refractivity contribution is -0.138. The first-order chi connectivity index (χ1) is 14.0. The van der Waals surface area contributed by atoms with Crippen molar-refractivity contribution >= 4 is 22.1 Å². The Hall–Kier alpha value is -2.99. The van der Waals surface area contributed by atoms with E-state index in [1.807, 2.05) is 6.07 Å². The Morgan fingerprint density at radius 2 is 1.83 bits per heavy atom. The highest BCUT2D eigenvalue weighted by atomic mass is 32.2. The third kappa shape index (κ3) is 5.29. The van der Waals surface area contributed by atoms with E-state index in [-0.39, 0.29) is 11.5 Å². The highest BCUT2D eigenvalue weighted by molar-refractivity contribution is 7.89. The van der Waals surface area contributed by atoms with Crippen LogP contribution < -0.4 is 0 Å². The number of nitriles is 1. The maximum atomic E-state index is 12.6. The van der Waals surface area contributed by atoms with Crippen LogP contribution in [-0.2, 0) is 30.9 Å². The second-order valence-electron chi connectivity index (χ2n) is 6.30. The first-order valence-electron chi connectivity index (χ1n) is 9.01. The van der Waals surface area contributed by atoms with Crippen LogP contribution in [0.1, 0.15) is 16.7 Å². The number of nitrogens with zero attached hydrogens (tertiary/aromatic N) is 2. The second-order valence-corrected chi connectivity index (χ2v) is 8.23. The van der Waals surface area contributed by atoms with Crippen molar-refractivity contribution in [1.82, 2.24) is 4.31 Å². The molecule has 0 aliphatic carbocycles. The fourth-order valence-corrected chi connectivity index (χ4v) is 4.21. The molecule has 0 aromatic heterocycles. The summed E-state index contributed by atoms with van der Waals surface area (Å²) in [6.07, 6.45) is 2.81. The molecule has 150 valence electrons. The van der Waals surface area contributed by atoms with Gasteiger partial charge in [-0.3, -0.25) is 0 Å². The van der Waals surface area contributed by atoms with E-state index < -0.39 is 16.0 Å². The summed E-state index contributed by atoms with van der Waals surface area (Å²) in [6, 6.07) is 15.2. The lowest BCUT2D eigenvalue weighted by Gasteiger charge is -2.26. The Bertz CT molecular complexity index is 1030. The summed E-state index contributed by atoms with van der Waals surface area (Å²) in [4.78, 5) is 12.1. The van der Waals surface area contributed by atoms with Crippen LogP contribution in [0.25, 0.3) is 6.08 Å². The zero-order valence-corrected chi connectivity index (χ0v) is 16.5. The van der Waals surface area contributed by atoms with Crippen molar-refractivity contribution in [2.75, 3.05) is 26.3 Å².